The molecule has 1 atom stereocenters. The van der Waals surface area contributed by atoms with E-state index in [9.17, 15) is 9.59 Å². The maximum absolute atomic E-state index is 12.7. The zero-order chi connectivity index (χ0) is 19.7. The number of carbonyl (C=O) groups is 2. The van der Waals surface area contributed by atoms with Crippen molar-refractivity contribution in [3.8, 4) is 0 Å². The number of anilines is 1. The normalized spacial score (nSPS) is 16.0. The summed E-state index contributed by atoms with van der Waals surface area (Å²) in [6.45, 7) is 4.33. The van der Waals surface area contributed by atoms with Crippen LogP contribution in [0.1, 0.15) is 41.1 Å². The highest BCUT2D eigenvalue weighted by Gasteiger charge is 2.29. The van der Waals surface area contributed by atoms with E-state index in [1.165, 1.54) is 16.2 Å². The quantitative estimate of drug-likeness (QED) is 0.666. The number of carbonyl (C=O) groups excluding carboxylic acids is 2. The van der Waals surface area contributed by atoms with E-state index in [1.807, 2.05) is 24.3 Å². The summed E-state index contributed by atoms with van der Waals surface area (Å²) in [6, 6.07) is 7.49. The van der Waals surface area contributed by atoms with Gasteiger partial charge in [-0.3, -0.25) is 4.79 Å². The van der Waals surface area contributed by atoms with Crippen molar-refractivity contribution >= 4 is 39.2 Å². The lowest BCUT2D eigenvalue weighted by Gasteiger charge is -2.18. The van der Waals surface area contributed by atoms with Crippen molar-refractivity contribution in [1.29, 1.82) is 0 Å². The minimum atomic E-state index is -0.365. The van der Waals surface area contributed by atoms with Crippen LogP contribution in [0.15, 0.2) is 24.3 Å². The Bertz CT molecular complexity index is 1040. The van der Waals surface area contributed by atoms with Gasteiger partial charge in [-0.05, 0) is 49.8 Å². The zero-order valence-electron chi connectivity index (χ0n) is 15.9. The Hall–Kier alpha value is -2.74. The van der Waals surface area contributed by atoms with Crippen LogP contribution < -0.4 is 5.32 Å². The summed E-state index contributed by atoms with van der Waals surface area (Å²) in [4.78, 5) is 26.4. The molecule has 1 amide bonds. The Morgan fingerprint density at radius 3 is 3.00 bits per heavy atom. The van der Waals surface area contributed by atoms with E-state index in [0.29, 0.717) is 23.1 Å². The number of hydrogen-bond acceptors (Lipinski definition) is 6. The maximum Gasteiger partial charge on any atom is 0.341 e. The molecule has 0 spiro atoms. The number of aromatic nitrogens is 3. The summed E-state index contributed by atoms with van der Waals surface area (Å²) < 4.78 is 6.81. The average Bonchev–Trinajstić information content (AvgIpc) is 3.22. The highest BCUT2D eigenvalue weighted by molar-refractivity contribution is 7.17. The Balaban J connectivity index is 1.59. The van der Waals surface area contributed by atoms with E-state index >= 15 is 0 Å². The van der Waals surface area contributed by atoms with Gasteiger partial charge in [0.15, 0.2) is 0 Å². The molecule has 2 heterocycles. The molecule has 4 rings (SSSR count). The number of ether oxygens (including phenoxy) is 1. The molecule has 0 bridgehead atoms. The molecule has 146 valence electrons. The van der Waals surface area contributed by atoms with E-state index < -0.39 is 0 Å². The van der Waals surface area contributed by atoms with Gasteiger partial charge in [0.1, 0.15) is 17.1 Å². The van der Waals surface area contributed by atoms with Crippen molar-refractivity contribution in [2.75, 3.05) is 11.9 Å². The standard InChI is InChI=1S/C20H22N4O3S/c1-3-27-20(26)18-13-9-8-12(2)10-16(13)28-19(18)21-17(25)11-24-15-7-5-4-6-14(15)22-23-24/h4-7,12H,3,8-11H2,1-2H3,(H,21,25)/t12-/m0/s1. The topological polar surface area (TPSA) is 86.1 Å². The monoisotopic (exact) mass is 398 g/mol. The van der Waals surface area contributed by atoms with Gasteiger partial charge in [-0.25, -0.2) is 9.48 Å². The van der Waals surface area contributed by atoms with Gasteiger partial charge in [0, 0.05) is 4.88 Å². The molecule has 0 saturated heterocycles. The number of amides is 1. The number of esters is 1. The van der Waals surface area contributed by atoms with Crippen LogP contribution in [0.25, 0.3) is 11.0 Å². The molecule has 8 heteroatoms. The van der Waals surface area contributed by atoms with Crippen LogP contribution in [0.4, 0.5) is 5.00 Å². The average molecular weight is 398 g/mol. The van der Waals surface area contributed by atoms with Crippen molar-refractivity contribution < 1.29 is 14.3 Å². The van der Waals surface area contributed by atoms with Gasteiger partial charge in [-0.2, -0.15) is 0 Å². The maximum atomic E-state index is 12.7. The van der Waals surface area contributed by atoms with Crippen molar-refractivity contribution in [3.63, 3.8) is 0 Å². The molecule has 28 heavy (non-hydrogen) atoms. The Morgan fingerprint density at radius 2 is 2.18 bits per heavy atom. The minimum Gasteiger partial charge on any atom is -0.462 e. The second kappa shape index (κ2) is 7.71. The molecule has 0 saturated carbocycles. The van der Waals surface area contributed by atoms with Gasteiger partial charge < -0.3 is 10.1 Å². The summed E-state index contributed by atoms with van der Waals surface area (Å²) in [6.07, 6.45) is 2.80. The number of nitrogens with zero attached hydrogens (tertiary/aromatic N) is 3. The van der Waals surface area contributed by atoms with Crippen molar-refractivity contribution in [2.24, 2.45) is 5.92 Å². The smallest absolute Gasteiger partial charge is 0.341 e. The molecule has 2 aromatic heterocycles. The number of hydrogen-bond donors (Lipinski definition) is 1. The van der Waals surface area contributed by atoms with E-state index in [0.717, 1.165) is 35.9 Å². The number of fused-ring (bicyclic) bond motifs is 2. The van der Waals surface area contributed by atoms with E-state index in [2.05, 4.69) is 22.6 Å². The molecule has 3 aromatic rings. The number of rotatable bonds is 5. The first-order valence-electron chi connectivity index (χ1n) is 9.46. The molecular formula is C20H22N4O3S. The Morgan fingerprint density at radius 1 is 1.36 bits per heavy atom. The highest BCUT2D eigenvalue weighted by Crippen LogP contribution is 2.40. The summed E-state index contributed by atoms with van der Waals surface area (Å²) >= 11 is 1.49. The lowest BCUT2D eigenvalue weighted by Crippen LogP contribution is -2.21. The number of para-hydroxylation sites is 1. The van der Waals surface area contributed by atoms with Gasteiger partial charge in [-0.1, -0.05) is 24.3 Å². The van der Waals surface area contributed by atoms with Crippen molar-refractivity contribution in [1.82, 2.24) is 15.0 Å². The van der Waals surface area contributed by atoms with Gasteiger partial charge in [0.05, 0.1) is 17.7 Å². The summed E-state index contributed by atoms with van der Waals surface area (Å²) in [5.74, 6) is -0.0323. The largest absolute Gasteiger partial charge is 0.462 e. The first kappa shape index (κ1) is 18.6. The molecular weight excluding hydrogens is 376 g/mol. The van der Waals surface area contributed by atoms with Crippen LogP contribution >= 0.6 is 11.3 Å². The van der Waals surface area contributed by atoms with E-state index in [-0.39, 0.29) is 18.4 Å². The van der Waals surface area contributed by atoms with E-state index in [4.69, 9.17) is 4.74 Å². The predicted molar refractivity (Wildman–Crippen MR) is 108 cm³/mol. The fourth-order valence-corrected chi connectivity index (χ4v) is 5.01. The molecule has 0 fully saturated rings. The lowest BCUT2D eigenvalue weighted by atomic mass is 9.88. The molecule has 0 radical (unpaired) electrons. The SMILES string of the molecule is CCOC(=O)c1c(NC(=O)Cn2nnc3ccccc32)sc2c1CC[C@H](C)C2. The van der Waals surface area contributed by atoms with Crippen LogP contribution in [-0.4, -0.2) is 33.5 Å². The molecule has 0 unspecified atom stereocenters. The number of nitrogens with one attached hydrogen (secondary N) is 1. The zero-order valence-corrected chi connectivity index (χ0v) is 16.7. The summed E-state index contributed by atoms with van der Waals surface area (Å²) in [7, 11) is 0. The molecule has 0 aliphatic heterocycles. The van der Waals surface area contributed by atoms with Gasteiger partial charge in [-0.15, -0.1) is 16.4 Å². The molecule has 1 aliphatic rings. The van der Waals surface area contributed by atoms with Crippen LogP contribution in [0.2, 0.25) is 0 Å². The third-order valence-corrected chi connectivity index (χ3v) is 6.13. The summed E-state index contributed by atoms with van der Waals surface area (Å²) in [5.41, 5.74) is 3.08. The Kier molecular flexibility index (Phi) is 5.13. The highest BCUT2D eigenvalue weighted by atomic mass is 32.1. The Labute approximate surface area is 166 Å². The van der Waals surface area contributed by atoms with Gasteiger partial charge >= 0.3 is 5.97 Å². The van der Waals surface area contributed by atoms with Crippen LogP contribution in [0.3, 0.4) is 0 Å². The third-order valence-electron chi connectivity index (χ3n) is 4.96. The second-order valence-corrected chi connectivity index (χ2v) is 8.17. The number of thiophene rings is 1. The minimum absolute atomic E-state index is 0.0295. The summed E-state index contributed by atoms with van der Waals surface area (Å²) in [5, 5.41) is 11.6. The van der Waals surface area contributed by atoms with Crippen LogP contribution in [0.5, 0.6) is 0 Å². The van der Waals surface area contributed by atoms with Gasteiger partial charge in [0.25, 0.3) is 0 Å². The van der Waals surface area contributed by atoms with Crippen LogP contribution in [0, 0.1) is 5.92 Å². The molecule has 7 nitrogen and oxygen atoms in total. The first-order valence-corrected chi connectivity index (χ1v) is 10.3. The fraction of sp³-hybridized carbons (Fsp3) is 0.400. The molecule has 1 N–H and O–H groups in total. The predicted octanol–water partition coefficient (Wildman–Crippen LogP) is 3.43. The fourth-order valence-electron chi connectivity index (χ4n) is 3.59. The molecule has 1 aliphatic carbocycles. The second-order valence-electron chi connectivity index (χ2n) is 7.06. The lowest BCUT2D eigenvalue weighted by molar-refractivity contribution is -0.116. The van der Waals surface area contributed by atoms with Crippen molar-refractivity contribution in [3.05, 3.63) is 40.3 Å². The number of benzene rings is 1. The molecule has 1 aromatic carbocycles. The third kappa shape index (κ3) is 3.52. The van der Waals surface area contributed by atoms with Gasteiger partial charge in [0.2, 0.25) is 5.91 Å². The van der Waals surface area contributed by atoms with Crippen molar-refractivity contribution in [2.45, 2.75) is 39.7 Å². The van der Waals surface area contributed by atoms with Crippen LogP contribution in [-0.2, 0) is 28.9 Å². The first-order chi connectivity index (χ1) is 13.6. The van der Waals surface area contributed by atoms with E-state index in [1.54, 1.807) is 11.6 Å².